The monoisotopic (exact) mass is 365 g/mol. The number of ether oxygens (including phenoxy) is 1. The maximum absolute atomic E-state index is 13.5. The molecule has 0 saturated carbocycles. The fourth-order valence-electron chi connectivity index (χ4n) is 2.90. The van der Waals surface area contributed by atoms with Crippen LogP contribution in [0.15, 0.2) is 35.2 Å². The second-order valence-corrected chi connectivity index (χ2v) is 7.48. The Bertz CT molecular complexity index is 983. The molecule has 0 amide bonds. The Labute approximate surface area is 143 Å². The van der Waals surface area contributed by atoms with Crippen molar-refractivity contribution in [1.82, 2.24) is 0 Å². The molecule has 3 rings (SSSR count). The average molecular weight is 365 g/mol. The number of fused-ring (bicyclic) bond motifs is 1. The Morgan fingerprint density at radius 3 is 2.76 bits per heavy atom. The van der Waals surface area contributed by atoms with Gasteiger partial charge < -0.3 is 9.84 Å². The van der Waals surface area contributed by atoms with Gasteiger partial charge in [0.05, 0.1) is 17.6 Å². The number of aliphatic hydroxyl groups excluding tert-OH is 1. The van der Waals surface area contributed by atoms with Crippen LogP contribution in [-0.2, 0) is 16.3 Å². The van der Waals surface area contributed by atoms with Crippen LogP contribution in [0.25, 0.3) is 4.85 Å². The van der Waals surface area contributed by atoms with Gasteiger partial charge in [-0.3, -0.25) is 0 Å². The molecule has 0 unspecified atom stereocenters. The van der Waals surface area contributed by atoms with Crippen molar-refractivity contribution in [2.45, 2.75) is 23.8 Å². The number of aliphatic hydroxyl groups is 1. The van der Waals surface area contributed by atoms with Gasteiger partial charge in [-0.1, -0.05) is 0 Å². The van der Waals surface area contributed by atoms with Crippen LogP contribution in [0.4, 0.5) is 14.5 Å². The second kappa shape index (κ2) is 6.43. The third-order valence-electron chi connectivity index (χ3n) is 3.97. The molecule has 5 nitrogen and oxygen atoms in total. The number of benzene rings is 2. The third kappa shape index (κ3) is 3.21. The first-order valence-corrected chi connectivity index (χ1v) is 8.99. The second-order valence-electron chi connectivity index (χ2n) is 5.59. The van der Waals surface area contributed by atoms with Gasteiger partial charge >= 0.3 is 0 Å². The molecule has 0 fully saturated rings. The zero-order chi connectivity index (χ0) is 18.2. The van der Waals surface area contributed by atoms with E-state index in [9.17, 15) is 22.3 Å². The SMILES string of the molecule is [C-]#[N+]c1cc(F)cc(Oc2ccc(S(=O)(=O)CF)c3c2CC[C@H]3O)c1. The predicted molar refractivity (Wildman–Crippen MR) is 85.6 cm³/mol. The topological polar surface area (TPSA) is 68.0 Å². The van der Waals surface area contributed by atoms with Crippen LogP contribution in [0, 0.1) is 12.4 Å². The van der Waals surface area contributed by atoms with E-state index in [0.29, 0.717) is 12.0 Å². The van der Waals surface area contributed by atoms with Gasteiger partial charge in [0.25, 0.3) is 0 Å². The van der Waals surface area contributed by atoms with Crippen molar-refractivity contribution in [2.24, 2.45) is 0 Å². The van der Waals surface area contributed by atoms with Crippen LogP contribution < -0.4 is 4.74 Å². The molecule has 1 aliphatic carbocycles. The van der Waals surface area contributed by atoms with Crippen molar-refractivity contribution >= 4 is 15.5 Å². The molecule has 0 radical (unpaired) electrons. The van der Waals surface area contributed by atoms with Gasteiger partial charge in [0.2, 0.25) is 9.84 Å². The highest BCUT2D eigenvalue weighted by molar-refractivity contribution is 7.91. The van der Waals surface area contributed by atoms with E-state index in [1.807, 2.05) is 0 Å². The maximum atomic E-state index is 13.5. The third-order valence-corrected chi connectivity index (χ3v) is 5.28. The first-order valence-electron chi connectivity index (χ1n) is 7.34. The highest BCUT2D eigenvalue weighted by Crippen LogP contribution is 2.43. The van der Waals surface area contributed by atoms with Crippen molar-refractivity contribution in [3.05, 3.63) is 58.7 Å². The molecule has 0 aliphatic heterocycles. The zero-order valence-electron chi connectivity index (χ0n) is 12.9. The van der Waals surface area contributed by atoms with Crippen LogP contribution in [0.3, 0.4) is 0 Å². The molecule has 0 heterocycles. The number of alkyl halides is 1. The molecule has 1 aliphatic rings. The minimum atomic E-state index is -4.15. The Morgan fingerprint density at radius 1 is 1.32 bits per heavy atom. The summed E-state index contributed by atoms with van der Waals surface area (Å²) in [6.45, 7) is 6.95. The summed E-state index contributed by atoms with van der Waals surface area (Å²) in [5.41, 5.74) is 0.621. The standard InChI is InChI=1S/C17H13F2NO4S/c1-20-11-6-10(19)7-12(8-11)24-15-4-5-16(25(22,23)9-18)17-13(15)2-3-14(17)21/h4-8,14,21H,2-3,9H2/t14-/m1/s1. The van der Waals surface area contributed by atoms with Crippen LogP contribution in [0.2, 0.25) is 0 Å². The summed E-state index contributed by atoms with van der Waals surface area (Å²) >= 11 is 0. The van der Waals surface area contributed by atoms with Gasteiger partial charge in [0.15, 0.2) is 11.7 Å². The Balaban J connectivity index is 2.08. The first kappa shape index (κ1) is 17.3. The summed E-state index contributed by atoms with van der Waals surface area (Å²) in [7, 11) is -4.15. The molecular weight excluding hydrogens is 352 g/mol. The molecule has 0 bridgehead atoms. The molecule has 8 heteroatoms. The average Bonchev–Trinajstić information content (AvgIpc) is 2.97. The highest BCUT2D eigenvalue weighted by Gasteiger charge is 2.32. The maximum Gasteiger partial charge on any atom is 0.207 e. The Hall–Kier alpha value is -2.50. The molecule has 25 heavy (non-hydrogen) atoms. The van der Waals surface area contributed by atoms with Crippen molar-refractivity contribution in [3.63, 3.8) is 0 Å². The summed E-state index contributed by atoms with van der Waals surface area (Å²) < 4.78 is 55.8. The van der Waals surface area contributed by atoms with E-state index in [0.717, 1.165) is 12.1 Å². The summed E-state index contributed by atoms with van der Waals surface area (Å²) in [6.07, 6.45) is -0.422. The molecule has 1 atom stereocenters. The smallest absolute Gasteiger partial charge is 0.207 e. The van der Waals surface area contributed by atoms with E-state index in [4.69, 9.17) is 11.3 Å². The lowest BCUT2D eigenvalue weighted by molar-refractivity contribution is 0.177. The molecule has 2 aromatic rings. The Kier molecular flexibility index (Phi) is 4.45. The van der Waals surface area contributed by atoms with Crippen LogP contribution >= 0.6 is 0 Å². The highest BCUT2D eigenvalue weighted by atomic mass is 32.2. The number of nitrogens with zero attached hydrogens (tertiary/aromatic N) is 1. The normalized spacial score (nSPS) is 16.3. The predicted octanol–water partition coefficient (Wildman–Crippen LogP) is 3.85. The zero-order valence-corrected chi connectivity index (χ0v) is 13.7. The van der Waals surface area contributed by atoms with Gasteiger partial charge in [0, 0.05) is 17.2 Å². The van der Waals surface area contributed by atoms with Crippen LogP contribution in [0.5, 0.6) is 11.5 Å². The van der Waals surface area contributed by atoms with E-state index in [1.165, 1.54) is 18.2 Å². The number of rotatable bonds is 4. The molecule has 0 saturated heterocycles. The molecule has 0 aromatic heterocycles. The summed E-state index contributed by atoms with van der Waals surface area (Å²) in [6, 6.07) is 4.46. The number of hydrogen-bond acceptors (Lipinski definition) is 4. The first-order chi connectivity index (χ1) is 11.9. The molecule has 130 valence electrons. The number of sulfone groups is 1. The Morgan fingerprint density at radius 2 is 2.08 bits per heavy atom. The summed E-state index contributed by atoms with van der Waals surface area (Å²) in [4.78, 5) is 2.88. The lowest BCUT2D eigenvalue weighted by Crippen LogP contribution is -2.09. The largest absolute Gasteiger partial charge is 0.458 e. The van der Waals surface area contributed by atoms with E-state index < -0.39 is 27.8 Å². The number of hydrogen-bond donors (Lipinski definition) is 1. The molecule has 2 aromatic carbocycles. The van der Waals surface area contributed by atoms with Crippen molar-refractivity contribution in [3.8, 4) is 11.5 Å². The van der Waals surface area contributed by atoms with Crippen molar-refractivity contribution in [1.29, 1.82) is 0 Å². The number of halogens is 2. The summed E-state index contributed by atoms with van der Waals surface area (Å²) in [5.74, 6) is -0.321. The minimum Gasteiger partial charge on any atom is -0.458 e. The molecular formula is C17H13F2NO4S. The summed E-state index contributed by atoms with van der Waals surface area (Å²) in [5, 5.41) is 10.1. The van der Waals surface area contributed by atoms with Gasteiger partial charge in [-0.2, -0.15) is 0 Å². The van der Waals surface area contributed by atoms with Gasteiger partial charge in [-0.15, -0.1) is 0 Å². The van der Waals surface area contributed by atoms with Crippen molar-refractivity contribution in [2.75, 3.05) is 6.01 Å². The van der Waals surface area contributed by atoms with Crippen LogP contribution in [0.1, 0.15) is 23.7 Å². The van der Waals surface area contributed by atoms with Gasteiger partial charge in [-0.05, 0) is 37.1 Å². The minimum absolute atomic E-state index is 0.0586. The van der Waals surface area contributed by atoms with Crippen LogP contribution in [-0.4, -0.2) is 19.5 Å². The fraction of sp³-hybridized carbons (Fsp3) is 0.235. The van der Waals surface area contributed by atoms with Gasteiger partial charge in [0.1, 0.15) is 17.3 Å². The van der Waals surface area contributed by atoms with Crippen molar-refractivity contribution < 1.29 is 27.0 Å². The van der Waals surface area contributed by atoms with E-state index in [2.05, 4.69) is 4.85 Å². The quantitative estimate of drug-likeness (QED) is 0.836. The van der Waals surface area contributed by atoms with Gasteiger partial charge in [-0.25, -0.2) is 22.0 Å². The lowest BCUT2D eigenvalue weighted by Gasteiger charge is -2.15. The van der Waals surface area contributed by atoms with E-state index in [-0.39, 0.29) is 34.1 Å². The fourth-order valence-corrected chi connectivity index (χ4v) is 3.88. The molecule has 1 N–H and O–H groups in total. The molecule has 0 spiro atoms. The lowest BCUT2D eigenvalue weighted by atomic mass is 10.1. The van der Waals surface area contributed by atoms with E-state index in [1.54, 1.807) is 0 Å². The van der Waals surface area contributed by atoms with E-state index >= 15 is 0 Å².